The van der Waals surface area contributed by atoms with E-state index in [2.05, 4.69) is 186 Å². The Labute approximate surface area is 522 Å². The van der Waals surface area contributed by atoms with E-state index in [0.29, 0.717) is 16.6 Å². The molecule has 0 amide bonds. The average molecular weight is 1190 g/mol. The van der Waals surface area contributed by atoms with Gasteiger partial charge in [-0.3, -0.25) is 0 Å². The van der Waals surface area contributed by atoms with Crippen LogP contribution in [-0.2, 0) is 12.4 Å². The van der Waals surface area contributed by atoms with Gasteiger partial charge < -0.3 is 14.4 Å². The number of halogens is 6. The van der Waals surface area contributed by atoms with Crippen LogP contribution in [0.25, 0.3) is 94.3 Å². The Morgan fingerprint density at radius 2 is 0.725 bits per heavy atom. The number of alkyl halides is 6. The Morgan fingerprint density at radius 3 is 1.23 bits per heavy atom. The van der Waals surface area contributed by atoms with Gasteiger partial charge in [-0.15, -0.1) is 0 Å². The molecule has 0 spiro atoms. The molecule has 0 unspecified atom stereocenters. The van der Waals surface area contributed by atoms with Crippen molar-refractivity contribution in [1.29, 1.82) is 0 Å². The average Bonchev–Trinajstić information content (AvgIpc) is 1.15. The Bertz CT molecular complexity index is 4940. The van der Waals surface area contributed by atoms with Crippen LogP contribution in [0.2, 0.25) is 0 Å². The van der Waals surface area contributed by atoms with E-state index < -0.39 is 23.5 Å². The van der Waals surface area contributed by atoms with E-state index in [4.69, 9.17) is 0 Å². The molecule has 0 atom stereocenters. The van der Waals surface area contributed by atoms with E-state index in [0.717, 1.165) is 135 Å². The molecule has 1 aromatic heterocycles. The van der Waals surface area contributed by atoms with Gasteiger partial charge in [-0.05, 0) is 176 Å². The number of nitrogens with zero attached hydrogens (tertiary/aromatic N) is 3. The van der Waals surface area contributed by atoms with Gasteiger partial charge in [0.05, 0.1) is 27.8 Å². The van der Waals surface area contributed by atoms with Crippen molar-refractivity contribution < 1.29 is 26.3 Å². The number of para-hydroxylation sites is 1. The first kappa shape index (κ1) is 55.2. The van der Waals surface area contributed by atoms with E-state index in [-0.39, 0.29) is 23.5 Å². The molecule has 16 rings (SSSR count). The summed E-state index contributed by atoms with van der Waals surface area (Å²) in [5.41, 5.74) is 18.9. The molecular weight excluding hydrogens is 1140 g/mol. The zero-order valence-electron chi connectivity index (χ0n) is 49.0. The molecule has 0 saturated heterocycles. The molecule has 13 aromatic carbocycles. The smallest absolute Gasteiger partial charge is 0.311 e. The van der Waals surface area contributed by atoms with Crippen molar-refractivity contribution >= 4 is 79.0 Å². The van der Waals surface area contributed by atoms with E-state index >= 15 is 13.2 Å². The van der Waals surface area contributed by atoms with E-state index in [1.165, 1.54) is 25.1 Å². The monoisotopic (exact) mass is 1190 g/mol. The van der Waals surface area contributed by atoms with Crippen molar-refractivity contribution in [2.75, 3.05) is 9.80 Å². The Morgan fingerprint density at radius 1 is 0.297 bits per heavy atom. The normalized spacial score (nSPS) is 12.7. The lowest BCUT2D eigenvalue weighted by Crippen LogP contribution is -2.61. The Kier molecular flexibility index (Phi) is 13.1. The molecule has 0 aliphatic carbocycles. The summed E-state index contributed by atoms with van der Waals surface area (Å²) in [4.78, 5) is 4.80. The van der Waals surface area contributed by atoms with Crippen molar-refractivity contribution in [2.45, 2.75) is 19.3 Å². The molecule has 3 nitrogen and oxygen atoms in total. The fourth-order valence-corrected chi connectivity index (χ4v) is 13.9. The summed E-state index contributed by atoms with van der Waals surface area (Å²) in [5, 5.41) is 1.54. The van der Waals surface area contributed by atoms with Gasteiger partial charge in [-0.25, -0.2) is 0 Å². The van der Waals surface area contributed by atoms with Gasteiger partial charge in [-0.2, -0.15) is 26.3 Å². The highest BCUT2D eigenvalue weighted by Crippen LogP contribution is 2.50. The van der Waals surface area contributed by atoms with Gasteiger partial charge in [0.1, 0.15) is 0 Å². The number of hydrogen-bond acceptors (Lipinski definition) is 2. The zero-order valence-corrected chi connectivity index (χ0v) is 49.0. The van der Waals surface area contributed by atoms with Gasteiger partial charge in [0.15, 0.2) is 0 Å². The first-order chi connectivity index (χ1) is 44.3. The number of hydrogen-bond donors (Lipinski definition) is 0. The molecule has 91 heavy (non-hydrogen) atoms. The molecule has 14 aromatic rings. The summed E-state index contributed by atoms with van der Waals surface area (Å²) >= 11 is 0. The predicted octanol–water partition coefficient (Wildman–Crippen LogP) is 21.2. The number of benzene rings is 13. The second kappa shape index (κ2) is 21.6. The maximum absolute atomic E-state index is 15.1. The van der Waals surface area contributed by atoms with Gasteiger partial charge in [0, 0.05) is 50.5 Å². The maximum atomic E-state index is 15.1. The van der Waals surface area contributed by atoms with Crippen LogP contribution in [0.15, 0.2) is 297 Å². The molecular formula is C81H52BF6N3. The molecule has 0 bridgehead atoms. The second-order valence-corrected chi connectivity index (χ2v) is 23.5. The third-order valence-corrected chi connectivity index (χ3v) is 18.1. The first-order valence-corrected chi connectivity index (χ1v) is 30.2. The lowest BCUT2D eigenvalue weighted by atomic mass is 9.33. The van der Waals surface area contributed by atoms with Crippen LogP contribution in [0, 0.1) is 6.92 Å². The van der Waals surface area contributed by atoms with Crippen LogP contribution in [0.3, 0.4) is 0 Å². The lowest BCUT2D eigenvalue weighted by molar-refractivity contribution is -0.137. The van der Waals surface area contributed by atoms with Crippen LogP contribution in [0.1, 0.15) is 16.7 Å². The second-order valence-electron chi connectivity index (χ2n) is 23.5. The largest absolute Gasteiger partial charge is 0.417 e. The summed E-state index contributed by atoms with van der Waals surface area (Å²) in [6, 6.07) is 98.0. The SMILES string of the molecule is Cc1ccc(-c2cc(C(F)(F)F)ccc2-n2c3ccccc3c3cc(-c4cc5c6c(c4)N(c4ccc(-c7ccccc7)cc4)c4ccc(-c7ccccc7)cc4B6c4cc(-c6ccccc6)ccc4N5c4ccc(-c5ccccc5)cc4)ccc32)c(C(F)(F)F)c1. The van der Waals surface area contributed by atoms with Crippen LogP contribution < -0.4 is 26.2 Å². The minimum absolute atomic E-state index is 0.177. The quantitative estimate of drug-likeness (QED) is 0.105. The number of aromatic nitrogens is 1. The Hall–Kier alpha value is -11.1. The van der Waals surface area contributed by atoms with Crippen molar-refractivity contribution in [3.8, 4) is 72.4 Å². The van der Waals surface area contributed by atoms with Crippen LogP contribution in [-0.4, -0.2) is 11.3 Å². The van der Waals surface area contributed by atoms with Crippen LogP contribution in [0.5, 0.6) is 0 Å². The fourth-order valence-electron chi connectivity index (χ4n) is 13.9. The number of aryl methyl sites for hydroxylation is 1. The summed E-state index contributed by atoms with van der Waals surface area (Å²) < 4.78 is 91.3. The van der Waals surface area contributed by atoms with Gasteiger partial charge in [0.2, 0.25) is 0 Å². The Balaban J connectivity index is 0.965. The van der Waals surface area contributed by atoms with E-state index in [9.17, 15) is 13.2 Å². The van der Waals surface area contributed by atoms with Crippen molar-refractivity contribution in [3.63, 3.8) is 0 Å². The predicted molar refractivity (Wildman–Crippen MR) is 362 cm³/mol. The topological polar surface area (TPSA) is 11.4 Å². The van der Waals surface area contributed by atoms with Gasteiger partial charge in [-0.1, -0.05) is 212 Å². The highest BCUT2D eigenvalue weighted by Gasteiger charge is 2.44. The van der Waals surface area contributed by atoms with E-state index in [1.807, 2.05) is 84.9 Å². The van der Waals surface area contributed by atoms with Gasteiger partial charge in [0.25, 0.3) is 6.71 Å². The number of anilines is 6. The molecule has 0 fully saturated rings. The standard InChI is InChI=1S/C81H52BF6N3/c1-51-26-39-65(69(44-51)81(86,87)88)68-50-62(80(83,84)85)34-43-74(68)91-72-25-15-14-24-66(72)67-45-58(31-40-73(67)91)61-48-77-79-78(49-61)90(64-37-29-57(30-38-64)53-18-8-3-9-19-53)76-42-33-60(55-22-12-5-13-23-55)47-71(76)82(79)70-46-59(54-20-10-4-11-21-54)32-41-75(70)89(77)63-35-27-56(28-36-63)52-16-6-2-7-17-52/h2-50H,1H3. The molecule has 0 radical (unpaired) electrons. The summed E-state index contributed by atoms with van der Waals surface area (Å²) in [6.07, 6.45) is -9.69. The molecule has 2 aliphatic rings. The molecule has 0 N–H and O–H groups in total. The highest BCUT2D eigenvalue weighted by atomic mass is 19.4. The highest BCUT2D eigenvalue weighted by molar-refractivity contribution is 7.00. The minimum Gasteiger partial charge on any atom is -0.311 e. The summed E-state index contributed by atoms with van der Waals surface area (Å²) in [5.74, 6) is 0. The van der Waals surface area contributed by atoms with Crippen molar-refractivity contribution in [1.82, 2.24) is 4.57 Å². The van der Waals surface area contributed by atoms with E-state index in [1.54, 1.807) is 4.57 Å². The lowest BCUT2D eigenvalue weighted by Gasteiger charge is -2.44. The molecule has 436 valence electrons. The van der Waals surface area contributed by atoms with Crippen LogP contribution >= 0.6 is 0 Å². The van der Waals surface area contributed by atoms with Gasteiger partial charge >= 0.3 is 12.4 Å². The number of fused-ring (bicyclic) bond motifs is 7. The molecule has 2 aliphatic heterocycles. The van der Waals surface area contributed by atoms with Crippen molar-refractivity contribution in [3.05, 3.63) is 314 Å². The maximum Gasteiger partial charge on any atom is 0.417 e. The third kappa shape index (κ3) is 9.56. The van der Waals surface area contributed by atoms with Crippen LogP contribution in [0.4, 0.5) is 60.5 Å². The van der Waals surface area contributed by atoms with Crippen molar-refractivity contribution in [2.24, 2.45) is 0 Å². The molecule has 0 saturated carbocycles. The third-order valence-electron chi connectivity index (χ3n) is 18.1. The molecule has 3 heterocycles. The zero-order chi connectivity index (χ0) is 61.7. The first-order valence-electron chi connectivity index (χ1n) is 30.2. The fraction of sp³-hybridized carbons (Fsp3) is 0.0370. The summed E-state index contributed by atoms with van der Waals surface area (Å²) in [7, 11) is 0. The number of rotatable bonds is 9. The molecule has 10 heteroatoms. The summed E-state index contributed by atoms with van der Waals surface area (Å²) in [6.45, 7) is 1.27. The minimum atomic E-state index is -4.86.